The maximum atomic E-state index is 12.3. The Bertz CT molecular complexity index is 297. The van der Waals surface area contributed by atoms with Gasteiger partial charge in [-0.2, -0.15) is 0 Å². The van der Waals surface area contributed by atoms with Crippen LogP contribution in [0.15, 0.2) is 5.16 Å². The molecule has 1 aromatic rings. The van der Waals surface area contributed by atoms with Crippen LogP contribution < -0.4 is 0 Å². The Hall–Kier alpha value is 0.380. The quantitative estimate of drug-likeness (QED) is 0.363. The number of nitrogens with zero attached hydrogens (tertiary/aromatic N) is 2. The molecule has 0 radical (unpaired) electrons. The topological polar surface area (TPSA) is 25.8 Å². The summed E-state index contributed by atoms with van der Waals surface area (Å²) in [6, 6.07) is 0. The van der Waals surface area contributed by atoms with Crippen molar-refractivity contribution in [2.75, 3.05) is 6.26 Å². The maximum absolute atomic E-state index is 12.3. The van der Waals surface area contributed by atoms with Gasteiger partial charge < -0.3 is 0 Å². The summed E-state index contributed by atoms with van der Waals surface area (Å²) in [7, 11) is 0. The fourth-order valence-electron chi connectivity index (χ4n) is 0.621. The summed E-state index contributed by atoms with van der Waals surface area (Å²) >= 11 is 9.01. The molecule has 2 nitrogen and oxygen atoms in total. The van der Waals surface area contributed by atoms with Crippen LogP contribution in [0.25, 0.3) is 0 Å². The molecule has 1 heterocycles. The standard InChI is InChI=1S/C6H5ClFIN2S/c1-12-6-10-3(2-8)4(9)5(7)11-6/h2H2,1H3. The molecule has 0 aromatic carbocycles. The van der Waals surface area contributed by atoms with Crippen molar-refractivity contribution in [2.45, 2.75) is 11.8 Å². The van der Waals surface area contributed by atoms with Crippen LogP contribution in [0.4, 0.5) is 4.39 Å². The van der Waals surface area contributed by atoms with Gasteiger partial charge in [-0.15, -0.1) is 0 Å². The minimum absolute atomic E-state index is 0.322. The number of rotatable bonds is 2. The van der Waals surface area contributed by atoms with Crippen LogP contribution in [0.1, 0.15) is 5.69 Å². The number of aromatic nitrogens is 2. The lowest BCUT2D eigenvalue weighted by molar-refractivity contribution is 0.470. The third-order valence-electron chi connectivity index (χ3n) is 1.17. The van der Waals surface area contributed by atoms with E-state index in [0.29, 0.717) is 19.6 Å². The van der Waals surface area contributed by atoms with E-state index in [1.807, 2.05) is 28.8 Å². The highest BCUT2D eigenvalue weighted by Crippen LogP contribution is 2.22. The van der Waals surface area contributed by atoms with E-state index in [1.54, 1.807) is 0 Å². The number of halogens is 3. The number of hydrogen-bond acceptors (Lipinski definition) is 3. The van der Waals surface area contributed by atoms with Gasteiger partial charge in [0.25, 0.3) is 0 Å². The normalized spacial score (nSPS) is 10.3. The molecule has 0 aliphatic carbocycles. The van der Waals surface area contributed by atoms with E-state index < -0.39 is 6.67 Å². The molecular weight excluding hydrogens is 314 g/mol. The molecule has 0 spiro atoms. The van der Waals surface area contributed by atoms with Gasteiger partial charge in [-0.05, 0) is 28.8 Å². The highest BCUT2D eigenvalue weighted by atomic mass is 127. The molecule has 0 bridgehead atoms. The van der Waals surface area contributed by atoms with Gasteiger partial charge in [0.2, 0.25) is 0 Å². The van der Waals surface area contributed by atoms with E-state index in [-0.39, 0.29) is 0 Å². The van der Waals surface area contributed by atoms with Crippen molar-refractivity contribution in [2.24, 2.45) is 0 Å². The predicted octanol–water partition coefficient (Wildman–Crippen LogP) is 2.93. The molecule has 0 aliphatic heterocycles. The molecule has 12 heavy (non-hydrogen) atoms. The van der Waals surface area contributed by atoms with Gasteiger partial charge in [-0.1, -0.05) is 23.4 Å². The molecule has 0 fully saturated rings. The van der Waals surface area contributed by atoms with E-state index in [0.717, 1.165) is 0 Å². The van der Waals surface area contributed by atoms with Crippen molar-refractivity contribution in [3.05, 3.63) is 14.4 Å². The lowest BCUT2D eigenvalue weighted by Crippen LogP contribution is -1.97. The van der Waals surface area contributed by atoms with Gasteiger partial charge >= 0.3 is 0 Å². The number of hydrogen-bond donors (Lipinski definition) is 0. The van der Waals surface area contributed by atoms with Crippen LogP contribution in [0.2, 0.25) is 5.15 Å². The zero-order chi connectivity index (χ0) is 9.14. The van der Waals surface area contributed by atoms with E-state index >= 15 is 0 Å². The fraction of sp³-hybridized carbons (Fsp3) is 0.333. The molecule has 0 unspecified atom stereocenters. The molecule has 0 atom stereocenters. The van der Waals surface area contributed by atoms with Crippen molar-refractivity contribution in [3.8, 4) is 0 Å². The van der Waals surface area contributed by atoms with Crippen LogP contribution in [0.3, 0.4) is 0 Å². The lowest BCUT2D eigenvalue weighted by atomic mass is 10.4. The maximum Gasteiger partial charge on any atom is 0.189 e. The first-order valence-corrected chi connectivity index (χ1v) is 5.69. The van der Waals surface area contributed by atoms with Gasteiger partial charge in [0.15, 0.2) is 5.16 Å². The Morgan fingerprint density at radius 2 is 2.25 bits per heavy atom. The van der Waals surface area contributed by atoms with Crippen molar-refractivity contribution >= 4 is 46.0 Å². The fourth-order valence-corrected chi connectivity index (χ4v) is 1.63. The first-order valence-electron chi connectivity index (χ1n) is 3.01. The second-order valence-corrected chi connectivity index (χ2v) is 4.11. The van der Waals surface area contributed by atoms with Crippen molar-refractivity contribution in [3.63, 3.8) is 0 Å². The second-order valence-electron chi connectivity index (χ2n) is 1.90. The van der Waals surface area contributed by atoms with E-state index in [1.165, 1.54) is 11.8 Å². The molecule has 0 N–H and O–H groups in total. The predicted molar refractivity (Wildman–Crippen MR) is 56.4 cm³/mol. The van der Waals surface area contributed by atoms with Crippen molar-refractivity contribution < 1.29 is 4.39 Å². The molecule has 0 saturated heterocycles. The zero-order valence-corrected chi connectivity index (χ0v) is 9.87. The Labute approximate surface area is 92.5 Å². The molecule has 0 aliphatic rings. The largest absolute Gasteiger partial charge is 0.244 e. The van der Waals surface area contributed by atoms with Crippen LogP contribution in [-0.2, 0) is 6.67 Å². The Balaban J connectivity index is 3.19. The Morgan fingerprint density at radius 3 is 2.75 bits per heavy atom. The zero-order valence-electron chi connectivity index (χ0n) is 6.14. The minimum Gasteiger partial charge on any atom is -0.244 e. The summed E-state index contributed by atoms with van der Waals surface area (Å²) < 4.78 is 12.9. The molecular formula is C6H5ClFIN2S. The highest BCUT2D eigenvalue weighted by Gasteiger charge is 2.09. The number of thioether (sulfide) groups is 1. The first-order chi connectivity index (χ1) is 5.69. The van der Waals surface area contributed by atoms with Crippen LogP contribution in [-0.4, -0.2) is 16.2 Å². The third kappa shape index (κ3) is 2.20. The summed E-state index contributed by atoms with van der Waals surface area (Å²) in [6.45, 7) is -0.603. The average Bonchev–Trinajstić information content (AvgIpc) is 2.09. The van der Waals surface area contributed by atoms with E-state index in [4.69, 9.17) is 11.6 Å². The van der Waals surface area contributed by atoms with Crippen LogP contribution >= 0.6 is 46.0 Å². The summed E-state index contributed by atoms with van der Waals surface area (Å²) in [5.41, 5.74) is 0.361. The Morgan fingerprint density at radius 1 is 1.58 bits per heavy atom. The van der Waals surface area contributed by atoms with Crippen LogP contribution in [0, 0.1) is 3.57 Å². The first kappa shape index (κ1) is 10.5. The van der Waals surface area contributed by atoms with Gasteiger partial charge in [-0.3, -0.25) is 0 Å². The summed E-state index contributed by atoms with van der Waals surface area (Å²) in [4.78, 5) is 7.90. The average molecular weight is 319 g/mol. The molecule has 0 saturated carbocycles. The van der Waals surface area contributed by atoms with Crippen LogP contribution in [0.5, 0.6) is 0 Å². The monoisotopic (exact) mass is 318 g/mol. The van der Waals surface area contributed by atoms with E-state index in [2.05, 4.69) is 9.97 Å². The van der Waals surface area contributed by atoms with Crippen molar-refractivity contribution in [1.82, 2.24) is 9.97 Å². The lowest BCUT2D eigenvalue weighted by Gasteiger charge is -2.02. The molecule has 0 amide bonds. The molecule has 1 aromatic heterocycles. The smallest absolute Gasteiger partial charge is 0.189 e. The van der Waals surface area contributed by atoms with Gasteiger partial charge in [0, 0.05) is 0 Å². The highest BCUT2D eigenvalue weighted by molar-refractivity contribution is 14.1. The summed E-state index contributed by atoms with van der Waals surface area (Å²) in [5, 5.41) is 0.829. The molecule has 6 heteroatoms. The number of alkyl halides is 1. The van der Waals surface area contributed by atoms with Gasteiger partial charge in [0.1, 0.15) is 11.8 Å². The summed E-state index contributed by atoms with van der Waals surface area (Å²) in [6.07, 6.45) is 1.82. The Kier molecular flexibility index (Phi) is 3.98. The van der Waals surface area contributed by atoms with Gasteiger partial charge in [-0.25, -0.2) is 14.4 Å². The van der Waals surface area contributed by atoms with Crippen molar-refractivity contribution in [1.29, 1.82) is 0 Å². The van der Waals surface area contributed by atoms with E-state index in [9.17, 15) is 4.39 Å². The summed E-state index contributed by atoms with van der Waals surface area (Å²) in [5.74, 6) is 0. The second kappa shape index (κ2) is 4.57. The SMILES string of the molecule is CSc1nc(Cl)c(I)c(CF)n1. The molecule has 1 rings (SSSR count). The van der Waals surface area contributed by atoms with Gasteiger partial charge in [0.05, 0.1) is 9.26 Å². The third-order valence-corrected chi connectivity index (χ3v) is 3.44. The molecule has 66 valence electrons. The minimum atomic E-state index is -0.603.